The SMILES string of the molecule is NC(=O)CCNC(=O)c1ccccc1SC(=O)c1ccc([N+](=O)[O-])cc1. The van der Waals surface area contributed by atoms with Gasteiger partial charge in [-0.1, -0.05) is 12.1 Å². The third-order valence-corrected chi connectivity index (χ3v) is 4.30. The maximum absolute atomic E-state index is 12.4. The molecule has 0 unspecified atom stereocenters. The Hall–Kier alpha value is -3.20. The minimum absolute atomic E-state index is 0.0166. The molecule has 0 aliphatic heterocycles. The largest absolute Gasteiger partial charge is 0.370 e. The monoisotopic (exact) mass is 373 g/mol. The first-order valence-corrected chi connectivity index (χ1v) is 8.32. The number of hydrogen-bond acceptors (Lipinski definition) is 6. The number of nitrogens with one attached hydrogen (secondary N) is 1. The first-order chi connectivity index (χ1) is 12.4. The van der Waals surface area contributed by atoms with Gasteiger partial charge in [0.25, 0.3) is 11.6 Å². The molecule has 0 radical (unpaired) electrons. The number of rotatable bonds is 7. The maximum Gasteiger partial charge on any atom is 0.269 e. The molecule has 0 heterocycles. The van der Waals surface area contributed by atoms with Crippen molar-refractivity contribution in [3.05, 3.63) is 69.8 Å². The molecule has 0 bridgehead atoms. The third kappa shape index (κ3) is 5.15. The van der Waals surface area contributed by atoms with Crippen LogP contribution in [-0.4, -0.2) is 28.4 Å². The lowest BCUT2D eigenvalue weighted by atomic mass is 10.2. The Kier molecular flexibility index (Phi) is 6.45. The van der Waals surface area contributed by atoms with Gasteiger partial charge in [-0.05, 0) is 36.0 Å². The van der Waals surface area contributed by atoms with Crippen LogP contribution in [-0.2, 0) is 4.79 Å². The minimum Gasteiger partial charge on any atom is -0.370 e. The highest BCUT2D eigenvalue weighted by atomic mass is 32.2. The zero-order valence-corrected chi connectivity index (χ0v) is 14.3. The minimum atomic E-state index is -0.548. The quantitative estimate of drug-likeness (QED) is 0.434. The van der Waals surface area contributed by atoms with E-state index in [1.54, 1.807) is 24.3 Å². The van der Waals surface area contributed by atoms with Gasteiger partial charge in [0.15, 0.2) is 0 Å². The van der Waals surface area contributed by atoms with E-state index in [4.69, 9.17) is 5.73 Å². The van der Waals surface area contributed by atoms with E-state index < -0.39 is 16.7 Å². The molecule has 2 aromatic carbocycles. The summed E-state index contributed by atoms with van der Waals surface area (Å²) in [6.45, 7) is 0.101. The summed E-state index contributed by atoms with van der Waals surface area (Å²) >= 11 is 0.844. The molecule has 0 saturated heterocycles. The number of carbonyl (C=O) groups is 3. The molecule has 0 aliphatic rings. The van der Waals surface area contributed by atoms with Crippen molar-refractivity contribution in [2.45, 2.75) is 11.3 Å². The zero-order chi connectivity index (χ0) is 19.1. The fourth-order valence-corrected chi connectivity index (χ4v) is 2.89. The van der Waals surface area contributed by atoms with E-state index in [9.17, 15) is 24.5 Å². The number of benzene rings is 2. The van der Waals surface area contributed by atoms with Crippen LogP contribution in [0.25, 0.3) is 0 Å². The van der Waals surface area contributed by atoms with Gasteiger partial charge >= 0.3 is 0 Å². The van der Waals surface area contributed by atoms with Crippen LogP contribution in [0.5, 0.6) is 0 Å². The van der Waals surface area contributed by atoms with Gasteiger partial charge < -0.3 is 11.1 Å². The third-order valence-electron chi connectivity index (χ3n) is 3.31. The average Bonchev–Trinajstić information content (AvgIpc) is 2.61. The number of hydrogen-bond donors (Lipinski definition) is 2. The van der Waals surface area contributed by atoms with Crippen LogP contribution in [0.2, 0.25) is 0 Å². The van der Waals surface area contributed by atoms with Gasteiger partial charge in [0.2, 0.25) is 11.0 Å². The van der Waals surface area contributed by atoms with Crippen molar-refractivity contribution in [2.75, 3.05) is 6.54 Å². The van der Waals surface area contributed by atoms with Crippen LogP contribution in [0.4, 0.5) is 5.69 Å². The van der Waals surface area contributed by atoms with Gasteiger partial charge in [-0.2, -0.15) is 0 Å². The number of nitrogens with zero attached hydrogens (tertiary/aromatic N) is 1. The van der Waals surface area contributed by atoms with Crippen LogP contribution >= 0.6 is 11.8 Å². The summed E-state index contributed by atoms with van der Waals surface area (Å²) in [7, 11) is 0. The molecule has 0 aliphatic carbocycles. The predicted molar refractivity (Wildman–Crippen MR) is 95.9 cm³/mol. The summed E-state index contributed by atoms with van der Waals surface area (Å²) < 4.78 is 0. The molecule has 0 atom stereocenters. The number of nitro benzene ring substituents is 1. The van der Waals surface area contributed by atoms with Crippen LogP contribution in [0.3, 0.4) is 0 Å². The van der Waals surface area contributed by atoms with Crippen LogP contribution in [0.1, 0.15) is 27.1 Å². The van der Waals surface area contributed by atoms with E-state index in [0.29, 0.717) is 4.90 Å². The second-order valence-electron chi connectivity index (χ2n) is 5.16. The van der Waals surface area contributed by atoms with Crippen molar-refractivity contribution < 1.29 is 19.3 Å². The number of amides is 2. The summed E-state index contributed by atoms with van der Waals surface area (Å²) in [5, 5.41) is 12.9. The molecular formula is C17H15N3O5S. The van der Waals surface area contributed by atoms with E-state index in [-0.39, 0.29) is 34.9 Å². The number of thioether (sulfide) groups is 1. The molecule has 0 aromatic heterocycles. The van der Waals surface area contributed by atoms with Gasteiger partial charge in [-0.3, -0.25) is 24.5 Å². The summed E-state index contributed by atoms with van der Waals surface area (Å²) in [6, 6.07) is 11.7. The normalized spacial score (nSPS) is 10.2. The predicted octanol–water partition coefficient (Wildman–Crippen LogP) is 2.13. The van der Waals surface area contributed by atoms with E-state index in [1.165, 1.54) is 24.3 Å². The smallest absolute Gasteiger partial charge is 0.269 e. The van der Waals surface area contributed by atoms with Crippen LogP contribution in [0, 0.1) is 10.1 Å². The van der Waals surface area contributed by atoms with E-state index in [0.717, 1.165) is 11.8 Å². The fraction of sp³-hybridized carbons (Fsp3) is 0.118. The Morgan fingerprint density at radius 1 is 1.08 bits per heavy atom. The highest BCUT2D eigenvalue weighted by molar-refractivity contribution is 8.14. The van der Waals surface area contributed by atoms with Crippen molar-refractivity contribution in [3.8, 4) is 0 Å². The van der Waals surface area contributed by atoms with Crippen molar-refractivity contribution >= 4 is 34.4 Å². The maximum atomic E-state index is 12.4. The highest BCUT2D eigenvalue weighted by Gasteiger charge is 2.16. The van der Waals surface area contributed by atoms with Crippen LogP contribution in [0.15, 0.2) is 53.4 Å². The molecule has 134 valence electrons. The molecular weight excluding hydrogens is 358 g/mol. The second kappa shape index (κ2) is 8.77. The number of nitro groups is 1. The molecule has 3 N–H and O–H groups in total. The molecule has 2 rings (SSSR count). The van der Waals surface area contributed by atoms with Gasteiger partial charge in [-0.15, -0.1) is 0 Å². The van der Waals surface area contributed by atoms with E-state index >= 15 is 0 Å². The van der Waals surface area contributed by atoms with Crippen molar-refractivity contribution in [1.82, 2.24) is 5.32 Å². The van der Waals surface area contributed by atoms with Crippen molar-refractivity contribution in [1.29, 1.82) is 0 Å². The summed E-state index contributed by atoms with van der Waals surface area (Å²) in [5.74, 6) is -0.952. The first kappa shape index (κ1) is 19.1. The number of carbonyl (C=O) groups excluding carboxylic acids is 3. The molecule has 0 saturated carbocycles. The Bertz CT molecular complexity index is 852. The second-order valence-corrected chi connectivity index (χ2v) is 6.18. The van der Waals surface area contributed by atoms with Crippen LogP contribution < -0.4 is 11.1 Å². The molecule has 0 spiro atoms. The van der Waals surface area contributed by atoms with Gasteiger partial charge in [-0.25, -0.2) is 0 Å². The molecule has 26 heavy (non-hydrogen) atoms. The van der Waals surface area contributed by atoms with Gasteiger partial charge in [0, 0.05) is 35.6 Å². The summed E-state index contributed by atoms with van der Waals surface area (Å²) in [6.07, 6.45) is 0.0166. The molecule has 2 amide bonds. The average molecular weight is 373 g/mol. The molecule has 0 fully saturated rings. The molecule has 2 aromatic rings. The lowest BCUT2D eigenvalue weighted by molar-refractivity contribution is -0.384. The number of nitrogens with two attached hydrogens (primary N) is 1. The number of primary amides is 1. The van der Waals surface area contributed by atoms with Crippen molar-refractivity contribution in [3.63, 3.8) is 0 Å². The van der Waals surface area contributed by atoms with E-state index in [1.807, 2.05) is 0 Å². The fourth-order valence-electron chi connectivity index (χ4n) is 2.02. The van der Waals surface area contributed by atoms with Crippen molar-refractivity contribution in [2.24, 2.45) is 5.73 Å². The Morgan fingerprint density at radius 3 is 2.35 bits per heavy atom. The Balaban J connectivity index is 2.11. The van der Waals surface area contributed by atoms with Gasteiger partial charge in [0.1, 0.15) is 0 Å². The topological polar surface area (TPSA) is 132 Å². The standard InChI is InChI=1S/C17H15N3O5S/c18-15(21)9-10-19-16(22)13-3-1-2-4-14(13)26-17(23)11-5-7-12(8-6-11)20(24)25/h1-8H,9-10H2,(H2,18,21)(H,19,22). The zero-order valence-electron chi connectivity index (χ0n) is 13.5. The first-order valence-electron chi connectivity index (χ1n) is 7.50. The number of non-ortho nitro benzene ring substituents is 1. The lowest BCUT2D eigenvalue weighted by Crippen LogP contribution is -2.28. The van der Waals surface area contributed by atoms with Gasteiger partial charge in [0.05, 0.1) is 10.5 Å². The Morgan fingerprint density at radius 2 is 1.73 bits per heavy atom. The van der Waals surface area contributed by atoms with E-state index in [2.05, 4.69) is 5.32 Å². The lowest BCUT2D eigenvalue weighted by Gasteiger charge is -2.09. The summed E-state index contributed by atoms with van der Waals surface area (Å²) in [4.78, 5) is 45.9. The Labute approximate surface area is 152 Å². The highest BCUT2D eigenvalue weighted by Crippen LogP contribution is 2.27. The summed E-state index contributed by atoms with van der Waals surface area (Å²) in [5.41, 5.74) is 5.49. The molecule has 8 nitrogen and oxygen atoms in total. The molecule has 9 heteroatoms.